The predicted molar refractivity (Wildman–Crippen MR) is 89.1 cm³/mol. The second-order valence-electron chi connectivity index (χ2n) is 5.27. The van der Waals surface area contributed by atoms with Crippen LogP contribution in [0.1, 0.15) is 22.8 Å². The van der Waals surface area contributed by atoms with Crippen molar-refractivity contribution in [3.05, 3.63) is 71.8 Å². The molecule has 1 unspecified atom stereocenters. The van der Waals surface area contributed by atoms with Crippen molar-refractivity contribution >= 4 is 23.5 Å². The van der Waals surface area contributed by atoms with Crippen LogP contribution in [0.15, 0.2) is 60.7 Å². The third-order valence-electron chi connectivity index (χ3n) is 3.69. The van der Waals surface area contributed by atoms with Crippen LogP contribution in [0.3, 0.4) is 0 Å². The molecule has 1 atom stereocenters. The topological polar surface area (TPSA) is 46.6 Å². The van der Waals surface area contributed by atoms with Gasteiger partial charge in [0, 0.05) is 12.5 Å². The molecule has 1 aliphatic rings. The Bertz CT molecular complexity index is 752. The number of hydrogen-bond donors (Lipinski definition) is 0. The highest BCUT2D eigenvalue weighted by molar-refractivity contribution is 6.16. The summed E-state index contributed by atoms with van der Waals surface area (Å²) in [6.07, 6.45) is 2.87. The molecule has 2 aromatic carbocycles. The number of rotatable bonds is 4. The summed E-state index contributed by atoms with van der Waals surface area (Å²) >= 11 is 0. The maximum atomic E-state index is 12.4. The number of ether oxygens (including phenoxy) is 1. The molecule has 1 aliphatic heterocycles. The van der Waals surface area contributed by atoms with E-state index in [1.165, 1.54) is 11.8 Å². The van der Waals surface area contributed by atoms with Crippen molar-refractivity contribution in [1.29, 1.82) is 0 Å². The van der Waals surface area contributed by atoms with E-state index >= 15 is 0 Å². The average molecular weight is 307 g/mol. The van der Waals surface area contributed by atoms with Gasteiger partial charge >= 0.3 is 0 Å². The smallest absolute Gasteiger partial charge is 0.226 e. The Morgan fingerprint density at radius 2 is 1.83 bits per heavy atom. The van der Waals surface area contributed by atoms with Crippen molar-refractivity contribution in [2.24, 2.45) is 0 Å². The van der Waals surface area contributed by atoms with Gasteiger partial charge in [-0.05, 0) is 17.7 Å². The largest absolute Gasteiger partial charge is 0.346 e. The predicted octanol–water partition coefficient (Wildman–Crippen LogP) is 3.29. The summed E-state index contributed by atoms with van der Waals surface area (Å²) in [6.45, 7) is 1.69. The molecule has 1 amide bonds. The lowest BCUT2D eigenvalue weighted by Crippen LogP contribution is -2.40. The minimum atomic E-state index is -0.884. The Hall–Kier alpha value is -2.72. The van der Waals surface area contributed by atoms with Gasteiger partial charge in [-0.2, -0.15) is 0 Å². The first-order chi connectivity index (χ1) is 11.2. The van der Waals surface area contributed by atoms with Crippen LogP contribution in [-0.4, -0.2) is 24.5 Å². The van der Waals surface area contributed by atoms with Gasteiger partial charge in [0.05, 0.1) is 12.3 Å². The summed E-state index contributed by atoms with van der Waals surface area (Å²) in [5.41, 5.74) is 2.20. The minimum absolute atomic E-state index is 0.177. The zero-order chi connectivity index (χ0) is 16.2. The fourth-order valence-corrected chi connectivity index (χ4v) is 2.65. The molecule has 0 N–H and O–H groups in total. The molecule has 2 aromatic rings. The van der Waals surface area contributed by atoms with Crippen LogP contribution in [0.5, 0.6) is 0 Å². The van der Waals surface area contributed by atoms with Crippen molar-refractivity contribution < 1.29 is 14.3 Å². The molecule has 0 aromatic heterocycles. The first kappa shape index (κ1) is 15.2. The Morgan fingerprint density at radius 1 is 1.13 bits per heavy atom. The first-order valence-corrected chi connectivity index (χ1v) is 7.45. The van der Waals surface area contributed by atoms with Crippen molar-refractivity contribution in [3.63, 3.8) is 0 Å². The Balaban J connectivity index is 1.71. The second kappa shape index (κ2) is 6.58. The number of Topliss-reactive ketones (excluding diaryl/α,β-unsaturated/α-hetero) is 1. The van der Waals surface area contributed by atoms with Crippen LogP contribution in [-0.2, 0) is 9.53 Å². The van der Waals surface area contributed by atoms with Crippen molar-refractivity contribution in [1.82, 2.24) is 0 Å². The van der Waals surface area contributed by atoms with Crippen LogP contribution in [0.25, 0.3) is 6.08 Å². The minimum Gasteiger partial charge on any atom is -0.346 e. The zero-order valence-corrected chi connectivity index (χ0v) is 12.8. The third kappa shape index (κ3) is 3.07. The van der Waals surface area contributed by atoms with Gasteiger partial charge in [-0.3, -0.25) is 14.5 Å². The number of anilines is 1. The van der Waals surface area contributed by atoms with Crippen LogP contribution < -0.4 is 4.90 Å². The monoisotopic (exact) mass is 307 g/mol. The summed E-state index contributed by atoms with van der Waals surface area (Å²) in [7, 11) is 0. The molecule has 4 nitrogen and oxygen atoms in total. The molecule has 0 spiro atoms. The summed E-state index contributed by atoms with van der Waals surface area (Å²) < 4.78 is 5.66. The Morgan fingerprint density at radius 3 is 2.57 bits per heavy atom. The van der Waals surface area contributed by atoms with Crippen molar-refractivity contribution in [2.45, 2.75) is 13.2 Å². The van der Waals surface area contributed by atoms with E-state index in [1.807, 2.05) is 42.5 Å². The fraction of sp³-hybridized carbons (Fsp3) is 0.158. The van der Waals surface area contributed by atoms with E-state index in [0.717, 1.165) is 5.56 Å². The number of amides is 1. The summed E-state index contributed by atoms with van der Waals surface area (Å²) in [6, 6.07) is 16.9. The molecular weight excluding hydrogens is 290 g/mol. The Kier molecular flexibility index (Phi) is 4.35. The molecule has 0 bridgehead atoms. The van der Waals surface area contributed by atoms with Gasteiger partial charge in [-0.25, -0.2) is 0 Å². The van der Waals surface area contributed by atoms with E-state index in [0.29, 0.717) is 11.3 Å². The van der Waals surface area contributed by atoms with Gasteiger partial charge in [-0.1, -0.05) is 54.6 Å². The van der Waals surface area contributed by atoms with Gasteiger partial charge in [0.15, 0.2) is 0 Å². The second-order valence-corrected chi connectivity index (χ2v) is 5.27. The van der Waals surface area contributed by atoms with Gasteiger partial charge in [0.1, 0.15) is 0 Å². The molecule has 0 saturated carbocycles. The van der Waals surface area contributed by atoms with E-state index in [2.05, 4.69) is 0 Å². The fourth-order valence-electron chi connectivity index (χ4n) is 2.65. The van der Waals surface area contributed by atoms with Gasteiger partial charge in [-0.15, -0.1) is 0 Å². The molecule has 23 heavy (non-hydrogen) atoms. The van der Waals surface area contributed by atoms with Crippen LogP contribution in [0, 0.1) is 0 Å². The number of carbonyl (C=O) groups excluding carboxylic acids is 2. The molecule has 0 radical (unpaired) electrons. The highest BCUT2D eigenvalue weighted by Crippen LogP contribution is 2.32. The lowest BCUT2D eigenvalue weighted by molar-refractivity contribution is -0.118. The lowest BCUT2D eigenvalue weighted by Gasteiger charge is -2.22. The van der Waals surface area contributed by atoms with Crippen molar-refractivity contribution in [3.8, 4) is 0 Å². The summed E-state index contributed by atoms with van der Waals surface area (Å²) in [5.74, 6) is -0.385. The number of hydrogen-bond acceptors (Lipinski definition) is 3. The van der Waals surface area contributed by atoms with Crippen LogP contribution >= 0.6 is 0 Å². The number of para-hydroxylation sites is 1. The van der Waals surface area contributed by atoms with Gasteiger partial charge < -0.3 is 4.74 Å². The van der Waals surface area contributed by atoms with Crippen LogP contribution in [0.4, 0.5) is 5.69 Å². The van der Waals surface area contributed by atoms with E-state index in [4.69, 9.17) is 4.74 Å². The summed E-state index contributed by atoms with van der Waals surface area (Å²) in [5, 5.41) is 0. The van der Waals surface area contributed by atoms with E-state index in [9.17, 15) is 9.59 Å². The molecule has 4 heteroatoms. The molecule has 116 valence electrons. The number of fused-ring (bicyclic) bond motifs is 1. The molecule has 3 rings (SSSR count). The van der Waals surface area contributed by atoms with Gasteiger partial charge in [0.25, 0.3) is 0 Å². The number of benzene rings is 2. The molecule has 0 aliphatic carbocycles. The molecule has 0 fully saturated rings. The van der Waals surface area contributed by atoms with E-state index in [-0.39, 0.29) is 18.3 Å². The highest BCUT2D eigenvalue weighted by atomic mass is 16.5. The number of nitrogens with zero attached hydrogens (tertiary/aromatic N) is 1. The standard InChI is InChI=1S/C19H17NO3/c1-14(21)20-17-12-6-5-11-16(17)18(22)19(20)23-13-7-10-15-8-3-2-4-9-15/h2-12,19H,13H2,1H3/b10-7+. The van der Waals surface area contributed by atoms with Crippen LogP contribution in [0.2, 0.25) is 0 Å². The maximum Gasteiger partial charge on any atom is 0.226 e. The molecular formula is C19H17NO3. The Labute approximate surface area is 135 Å². The zero-order valence-electron chi connectivity index (χ0n) is 12.8. The SMILES string of the molecule is CC(=O)N1c2ccccc2C(=O)C1OC/C=C/c1ccccc1. The van der Waals surface area contributed by atoms with E-state index < -0.39 is 6.23 Å². The lowest BCUT2D eigenvalue weighted by atomic mass is 10.1. The summed E-state index contributed by atoms with van der Waals surface area (Å²) in [4.78, 5) is 25.7. The highest BCUT2D eigenvalue weighted by Gasteiger charge is 2.39. The van der Waals surface area contributed by atoms with Crippen molar-refractivity contribution in [2.75, 3.05) is 11.5 Å². The number of carbonyl (C=O) groups is 2. The third-order valence-corrected chi connectivity index (χ3v) is 3.69. The molecule has 0 saturated heterocycles. The average Bonchev–Trinajstić information content (AvgIpc) is 2.85. The van der Waals surface area contributed by atoms with E-state index in [1.54, 1.807) is 24.3 Å². The number of ketones is 1. The maximum absolute atomic E-state index is 12.4. The molecule has 1 heterocycles. The van der Waals surface area contributed by atoms with Gasteiger partial charge in [0.2, 0.25) is 17.9 Å². The first-order valence-electron chi connectivity index (χ1n) is 7.45. The normalized spacial score (nSPS) is 16.8. The quantitative estimate of drug-likeness (QED) is 0.870.